The largest absolute Gasteiger partial charge is 0.467 e. The van der Waals surface area contributed by atoms with E-state index in [4.69, 9.17) is 9.15 Å². The van der Waals surface area contributed by atoms with E-state index in [1.165, 1.54) is 0 Å². The Morgan fingerprint density at radius 1 is 1.13 bits per heavy atom. The van der Waals surface area contributed by atoms with Crippen LogP contribution in [-0.4, -0.2) is 53.5 Å². The molecule has 0 bridgehead atoms. The quantitative estimate of drug-likeness (QED) is 0.571. The second-order valence-corrected chi connectivity index (χ2v) is 8.42. The fourth-order valence-corrected chi connectivity index (χ4v) is 4.08. The minimum Gasteiger partial charge on any atom is -0.467 e. The van der Waals surface area contributed by atoms with Crippen LogP contribution in [0.5, 0.6) is 0 Å². The van der Waals surface area contributed by atoms with Crippen molar-refractivity contribution in [1.82, 2.24) is 9.80 Å². The van der Waals surface area contributed by atoms with Crippen LogP contribution < -0.4 is 0 Å². The number of benzene rings is 1. The van der Waals surface area contributed by atoms with Crippen LogP contribution in [0.3, 0.4) is 0 Å². The number of furan rings is 1. The molecule has 2 atom stereocenters. The molecule has 0 unspecified atom stereocenters. The third-order valence-corrected chi connectivity index (χ3v) is 5.85. The number of amides is 2. The maximum absolute atomic E-state index is 13.4. The van der Waals surface area contributed by atoms with Gasteiger partial charge in [0.15, 0.2) is 0 Å². The molecule has 168 valence electrons. The first-order valence-electron chi connectivity index (χ1n) is 11.3. The molecule has 2 aromatic rings. The Morgan fingerprint density at radius 2 is 1.90 bits per heavy atom. The summed E-state index contributed by atoms with van der Waals surface area (Å²) in [6.07, 6.45) is 4.29. The molecule has 0 N–H and O–H groups in total. The molecule has 2 heterocycles. The molecule has 2 amide bonds. The summed E-state index contributed by atoms with van der Waals surface area (Å²) < 4.78 is 11.2. The lowest BCUT2D eigenvalue weighted by molar-refractivity contribution is -0.144. The van der Waals surface area contributed by atoms with Crippen LogP contribution in [0.2, 0.25) is 0 Å². The average molecular weight is 427 g/mol. The van der Waals surface area contributed by atoms with Crippen molar-refractivity contribution in [2.45, 2.75) is 64.6 Å². The topological polar surface area (TPSA) is 63.0 Å². The van der Waals surface area contributed by atoms with Crippen LogP contribution >= 0.6 is 0 Å². The Morgan fingerprint density at radius 3 is 2.48 bits per heavy atom. The first-order valence-corrected chi connectivity index (χ1v) is 11.3. The van der Waals surface area contributed by atoms with E-state index in [1.807, 2.05) is 63.2 Å². The van der Waals surface area contributed by atoms with Gasteiger partial charge in [0.2, 0.25) is 11.8 Å². The molecule has 0 saturated carbocycles. The van der Waals surface area contributed by atoms with Crippen molar-refractivity contribution in [2.75, 3.05) is 19.7 Å². The zero-order chi connectivity index (χ0) is 22.2. The predicted molar refractivity (Wildman–Crippen MR) is 119 cm³/mol. The molecule has 1 saturated heterocycles. The number of ether oxygens (including phenoxy) is 1. The first kappa shape index (κ1) is 23.1. The van der Waals surface area contributed by atoms with Crippen molar-refractivity contribution in [3.8, 4) is 0 Å². The van der Waals surface area contributed by atoms with Gasteiger partial charge in [0, 0.05) is 19.2 Å². The molecule has 1 aromatic heterocycles. The summed E-state index contributed by atoms with van der Waals surface area (Å²) in [7, 11) is 0. The summed E-state index contributed by atoms with van der Waals surface area (Å²) in [5.74, 6) is 0.376. The van der Waals surface area contributed by atoms with E-state index in [-0.39, 0.29) is 36.4 Å². The van der Waals surface area contributed by atoms with Crippen molar-refractivity contribution in [2.24, 2.45) is 0 Å². The Hall–Kier alpha value is -2.60. The number of carbonyl (C=O) groups excluding carboxylic acids is 2. The van der Waals surface area contributed by atoms with Gasteiger partial charge in [0.1, 0.15) is 12.3 Å². The third-order valence-electron chi connectivity index (χ3n) is 5.85. The Kier molecular flexibility index (Phi) is 8.29. The molecule has 0 aliphatic carbocycles. The van der Waals surface area contributed by atoms with Crippen molar-refractivity contribution in [3.05, 3.63) is 60.1 Å². The van der Waals surface area contributed by atoms with Gasteiger partial charge in [-0.1, -0.05) is 37.3 Å². The maximum atomic E-state index is 13.4. The van der Waals surface area contributed by atoms with E-state index in [9.17, 15) is 9.59 Å². The fourth-order valence-electron chi connectivity index (χ4n) is 4.08. The zero-order valence-electron chi connectivity index (χ0n) is 18.8. The van der Waals surface area contributed by atoms with Gasteiger partial charge < -0.3 is 19.0 Å². The van der Waals surface area contributed by atoms with Gasteiger partial charge in [-0.05, 0) is 50.8 Å². The SMILES string of the molecule is CC[C@H](C(=O)N(CC(=O)N(Cc1ccco1)C[C@@H]1CCCO1)C(C)C)c1ccccc1. The van der Waals surface area contributed by atoms with Gasteiger partial charge in [-0.2, -0.15) is 0 Å². The molecule has 1 fully saturated rings. The van der Waals surface area contributed by atoms with E-state index >= 15 is 0 Å². The summed E-state index contributed by atoms with van der Waals surface area (Å²) >= 11 is 0. The molecule has 3 rings (SSSR count). The smallest absolute Gasteiger partial charge is 0.242 e. The lowest BCUT2D eigenvalue weighted by Gasteiger charge is -2.33. The molecule has 0 radical (unpaired) electrons. The summed E-state index contributed by atoms with van der Waals surface area (Å²) in [6, 6.07) is 13.4. The average Bonchev–Trinajstić information content (AvgIpc) is 3.46. The number of hydrogen-bond donors (Lipinski definition) is 0. The highest BCUT2D eigenvalue weighted by Crippen LogP contribution is 2.23. The number of nitrogens with zero attached hydrogens (tertiary/aromatic N) is 2. The minimum absolute atomic E-state index is 0.00730. The molecule has 1 aromatic carbocycles. The van der Waals surface area contributed by atoms with Crippen LogP contribution in [0.25, 0.3) is 0 Å². The van der Waals surface area contributed by atoms with Crippen LogP contribution in [0, 0.1) is 0 Å². The molecular weight excluding hydrogens is 392 g/mol. The van der Waals surface area contributed by atoms with E-state index in [1.54, 1.807) is 16.1 Å². The molecular formula is C25H34N2O4. The van der Waals surface area contributed by atoms with Crippen LogP contribution in [0.1, 0.15) is 57.3 Å². The minimum atomic E-state index is -0.256. The predicted octanol–water partition coefficient (Wildman–Crippen LogP) is 4.22. The number of carbonyl (C=O) groups is 2. The number of rotatable bonds is 10. The molecule has 1 aliphatic rings. The van der Waals surface area contributed by atoms with Gasteiger partial charge >= 0.3 is 0 Å². The van der Waals surface area contributed by atoms with Gasteiger partial charge in [-0.3, -0.25) is 9.59 Å². The summed E-state index contributed by atoms with van der Waals surface area (Å²) in [5, 5.41) is 0. The summed E-state index contributed by atoms with van der Waals surface area (Å²) in [5.41, 5.74) is 0.986. The van der Waals surface area contributed by atoms with Gasteiger partial charge in [-0.25, -0.2) is 0 Å². The van der Waals surface area contributed by atoms with E-state index in [0.29, 0.717) is 19.5 Å². The van der Waals surface area contributed by atoms with E-state index < -0.39 is 0 Å². The highest BCUT2D eigenvalue weighted by atomic mass is 16.5. The van der Waals surface area contributed by atoms with E-state index in [0.717, 1.165) is 30.8 Å². The first-order chi connectivity index (χ1) is 15.0. The van der Waals surface area contributed by atoms with Gasteiger partial charge in [0.05, 0.1) is 24.8 Å². The van der Waals surface area contributed by atoms with E-state index in [2.05, 4.69) is 0 Å². The standard InChI is InChI=1S/C25H34N2O4/c1-4-23(20-10-6-5-7-11-20)25(29)27(19(2)3)18-24(28)26(16-21-12-8-14-30-21)17-22-13-9-15-31-22/h5-8,10-12,14,19,22-23H,4,9,13,15-18H2,1-3H3/t22-,23-/m0/s1. The van der Waals surface area contributed by atoms with Crippen molar-refractivity contribution in [3.63, 3.8) is 0 Å². The van der Waals surface area contributed by atoms with Crippen LogP contribution in [0.4, 0.5) is 0 Å². The van der Waals surface area contributed by atoms with Crippen molar-refractivity contribution < 1.29 is 18.7 Å². The van der Waals surface area contributed by atoms with Crippen molar-refractivity contribution in [1.29, 1.82) is 0 Å². The second-order valence-electron chi connectivity index (χ2n) is 8.42. The molecule has 31 heavy (non-hydrogen) atoms. The highest BCUT2D eigenvalue weighted by molar-refractivity contribution is 5.88. The fraction of sp³-hybridized carbons (Fsp3) is 0.520. The molecule has 1 aliphatic heterocycles. The highest BCUT2D eigenvalue weighted by Gasteiger charge is 2.30. The number of hydrogen-bond acceptors (Lipinski definition) is 4. The lowest BCUT2D eigenvalue weighted by atomic mass is 9.94. The maximum Gasteiger partial charge on any atom is 0.242 e. The normalized spacial score (nSPS) is 17.0. The summed E-state index contributed by atoms with van der Waals surface area (Å²) in [6.45, 7) is 7.60. The van der Waals surface area contributed by atoms with Crippen molar-refractivity contribution >= 4 is 11.8 Å². The summed E-state index contributed by atoms with van der Waals surface area (Å²) in [4.78, 5) is 30.3. The van der Waals surface area contributed by atoms with Crippen LogP contribution in [0.15, 0.2) is 53.1 Å². The molecule has 0 spiro atoms. The lowest BCUT2D eigenvalue weighted by Crippen LogP contribution is -2.48. The second kappa shape index (κ2) is 11.1. The molecule has 6 heteroatoms. The Bertz CT molecular complexity index is 813. The Labute approximate surface area is 185 Å². The molecule has 6 nitrogen and oxygen atoms in total. The zero-order valence-corrected chi connectivity index (χ0v) is 18.8. The van der Waals surface area contributed by atoms with Gasteiger partial charge in [0.25, 0.3) is 0 Å². The van der Waals surface area contributed by atoms with Gasteiger partial charge in [-0.15, -0.1) is 0 Å². The monoisotopic (exact) mass is 426 g/mol. The van der Waals surface area contributed by atoms with Crippen LogP contribution in [-0.2, 0) is 20.9 Å². The Balaban J connectivity index is 1.74. The third kappa shape index (κ3) is 6.20.